The van der Waals surface area contributed by atoms with Gasteiger partial charge in [0.15, 0.2) is 12.0 Å². The van der Waals surface area contributed by atoms with Crippen molar-refractivity contribution < 1.29 is 18.7 Å². The van der Waals surface area contributed by atoms with Crippen LogP contribution in [0.5, 0.6) is 0 Å². The number of amides is 1. The van der Waals surface area contributed by atoms with Crippen LogP contribution in [-0.2, 0) is 9.53 Å². The first-order valence-electron chi connectivity index (χ1n) is 7.19. The first-order chi connectivity index (χ1) is 9.61. The number of carbonyl (C=O) groups is 2. The SMILES string of the molecule is CN(C)C=C1C(=O)C(F)[C@H]2CC[C@@H]1N2C(=O)OC(C)(C)C. The van der Waals surface area contributed by atoms with Gasteiger partial charge < -0.3 is 9.64 Å². The number of fused-ring (bicyclic) bond motifs is 2. The lowest BCUT2D eigenvalue weighted by Crippen LogP contribution is -2.55. The summed E-state index contributed by atoms with van der Waals surface area (Å²) in [5, 5.41) is 0. The summed E-state index contributed by atoms with van der Waals surface area (Å²) >= 11 is 0. The van der Waals surface area contributed by atoms with Gasteiger partial charge in [-0.25, -0.2) is 9.18 Å². The van der Waals surface area contributed by atoms with Gasteiger partial charge in [0.2, 0.25) is 0 Å². The van der Waals surface area contributed by atoms with Gasteiger partial charge in [0.1, 0.15) is 5.60 Å². The van der Waals surface area contributed by atoms with Crippen molar-refractivity contribution in [2.45, 2.75) is 57.5 Å². The van der Waals surface area contributed by atoms with Crippen molar-refractivity contribution in [3.63, 3.8) is 0 Å². The minimum Gasteiger partial charge on any atom is -0.444 e. The molecule has 2 fully saturated rings. The Morgan fingerprint density at radius 3 is 2.52 bits per heavy atom. The van der Waals surface area contributed by atoms with Crippen molar-refractivity contribution in [1.29, 1.82) is 0 Å². The van der Waals surface area contributed by atoms with E-state index in [0.29, 0.717) is 18.4 Å². The standard InChI is InChI=1S/C15H23FN2O3/c1-15(2,3)21-14(20)18-10-6-7-11(18)12(16)13(19)9(10)8-17(4)5/h8,10-12H,6-7H2,1-5H3/t10-,11+,12?/m0/s1. The summed E-state index contributed by atoms with van der Waals surface area (Å²) in [6.07, 6.45) is 0.479. The molecule has 0 spiro atoms. The number of rotatable bonds is 1. The number of carbonyl (C=O) groups excluding carboxylic acids is 2. The minimum atomic E-state index is -1.66. The number of alkyl halides is 1. The Kier molecular flexibility index (Phi) is 4.00. The molecule has 0 aromatic rings. The summed E-state index contributed by atoms with van der Waals surface area (Å²) in [7, 11) is 3.54. The predicted molar refractivity (Wildman–Crippen MR) is 76.6 cm³/mol. The van der Waals surface area contributed by atoms with Crippen LogP contribution in [0, 0.1) is 0 Å². The molecule has 6 heteroatoms. The Balaban J connectivity index is 2.32. The average Bonchev–Trinajstić information content (AvgIpc) is 2.71. The number of ether oxygens (including phenoxy) is 1. The molecule has 2 bridgehead atoms. The van der Waals surface area contributed by atoms with Crippen molar-refractivity contribution in [1.82, 2.24) is 9.80 Å². The maximum atomic E-state index is 14.4. The monoisotopic (exact) mass is 298 g/mol. The Bertz CT molecular complexity index is 482. The molecule has 1 unspecified atom stereocenters. The minimum absolute atomic E-state index is 0.354. The summed E-state index contributed by atoms with van der Waals surface area (Å²) in [4.78, 5) is 27.6. The van der Waals surface area contributed by atoms with Crippen molar-refractivity contribution in [2.75, 3.05) is 14.1 Å². The van der Waals surface area contributed by atoms with E-state index in [-0.39, 0.29) is 6.04 Å². The second-order valence-electron chi connectivity index (χ2n) is 6.86. The zero-order valence-corrected chi connectivity index (χ0v) is 13.2. The maximum absolute atomic E-state index is 14.4. The third-order valence-electron chi connectivity index (χ3n) is 3.66. The number of nitrogens with zero attached hydrogens (tertiary/aromatic N) is 2. The molecular weight excluding hydrogens is 275 g/mol. The van der Waals surface area contributed by atoms with Gasteiger partial charge in [0.05, 0.1) is 12.1 Å². The lowest BCUT2D eigenvalue weighted by atomic mass is 9.94. The van der Waals surface area contributed by atoms with Crippen LogP contribution in [0.25, 0.3) is 0 Å². The molecule has 5 nitrogen and oxygen atoms in total. The lowest BCUT2D eigenvalue weighted by molar-refractivity contribution is -0.125. The topological polar surface area (TPSA) is 49.9 Å². The number of ketones is 1. The van der Waals surface area contributed by atoms with Crippen molar-refractivity contribution >= 4 is 11.9 Å². The summed E-state index contributed by atoms with van der Waals surface area (Å²) in [6.45, 7) is 5.31. The smallest absolute Gasteiger partial charge is 0.411 e. The average molecular weight is 298 g/mol. The second-order valence-corrected chi connectivity index (χ2v) is 6.86. The molecule has 0 aliphatic carbocycles. The van der Waals surface area contributed by atoms with E-state index in [0.717, 1.165) is 0 Å². The van der Waals surface area contributed by atoms with Crippen LogP contribution in [0.1, 0.15) is 33.6 Å². The highest BCUT2D eigenvalue weighted by atomic mass is 19.1. The molecule has 0 saturated carbocycles. The van der Waals surface area contributed by atoms with E-state index < -0.39 is 29.7 Å². The Morgan fingerprint density at radius 1 is 1.38 bits per heavy atom. The van der Waals surface area contributed by atoms with Crippen LogP contribution in [0.3, 0.4) is 0 Å². The predicted octanol–water partition coefficient (Wildman–Crippen LogP) is 2.12. The van der Waals surface area contributed by atoms with Crippen molar-refractivity contribution in [3.05, 3.63) is 11.8 Å². The quantitative estimate of drug-likeness (QED) is 0.696. The largest absolute Gasteiger partial charge is 0.444 e. The van der Waals surface area contributed by atoms with Gasteiger partial charge in [-0.3, -0.25) is 9.69 Å². The summed E-state index contributed by atoms with van der Waals surface area (Å²) in [5.74, 6) is -0.504. The summed E-state index contributed by atoms with van der Waals surface area (Å²) in [5.41, 5.74) is -0.290. The van der Waals surface area contributed by atoms with Gasteiger partial charge in [-0.2, -0.15) is 0 Å². The van der Waals surface area contributed by atoms with E-state index in [1.165, 1.54) is 4.90 Å². The van der Waals surface area contributed by atoms with Crippen molar-refractivity contribution in [3.8, 4) is 0 Å². The molecule has 0 aromatic carbocycles. The van der Waals surface area contributed by atoms with Gasteiger partial charge in [-0.1, -0.05) is 0 Å². The van der Waals surface area contributed by atoms with E-state index in [9.17, 15) is 14.0 Å². The molecule has 118 valence electrons. The third kappa shape index (κ3) is 3.04. The zero-order valence-electron chi connectivity index (χ0n) is 13.2. The molecule has 21 heavy (non-hydrogen) atoms. The van der Waals surface area contributed by atoms with Gasteiger partial charge in [-0.05, 0) is 33.6 Å². The fourth-order valence-corrected chi connectivity index (χ4v) is 2.93. The third-order valence-corrected chi connectivity index (χ3v) is 3.66. The van der Waals surface area contributed by atoms with Crippen LogP contribution in [0.15, 0.2) is 11.8 Å². The van der Waals surface area contributed by atoms with E-state index in [2.05, 4.69) is 0 Å². The number of piperidine rings is 1. The van der Waals surface area contributed by atoms with Crippen LogP contribution in [-0.4, -0.2) is 59.6 Å². The first-order valence-corrected chi connectivity index (χ1v) is 7.19. The van der Waals surface area contributed by atoms with E-state index in [1.807, 2.05) is 0 Å². The molecule has 1 amide bonds. The van der Waals surface area contributed by atoms with E-state index in [1.54, 1.807) is 46.0 Å². The molecule has 0 aromatic heterocycles. The zero-order chi connectivity index (χ0) is 15.9. The van der Waals surface area contributed by atoms with E-state index in [4.69, 9.17) is 4.74 Å². The van der Waals surface area contributed by atoms with Crippen molar-refractivity contribution in [2.24, 2.45) is 0 Å². The molecular formula is C15H23FN2O3. The molecule has 2 aliphatic heterocycles. The Labute approximate surface area is 124 Å². The molecule has 0 radical (unpaired) electrons. The fourth-order valence-electron chi connectivity index (χ4n) is 2.93. The highest BCUT2D eigenvalue weighted by Gasteiger charge is 2.53. The maximum Gasteiger partial charge on any atom is 0.411 e. The molecule has 3 atom stereocenters. The first kappa shape index (κ1) is 15.8. The van der Waals surface area contributed by atoms with Crippen LogP contribution < -0.4 is 0 Å². The normalized spacial score (nSPS) is 30.8. The van der Waals surface area contributed by atoms with Crippen LogP contribution in [0.2, 0.25) is 0 Å². The van der Waals surface area contributed by atoms with Gasteiger partial charge in [0, 0.05) is 25.9 Å². The van der Waals surface area contributed by atoms with Gasteiger partial charge in [0.25, 0.3) is 0 Å². The van der Waals surface area contributed by atoms with Gasteiger partial charge >= 0.3 is 6.09 Å². The number of hydrogen-bond donors (Lipinski definition) is 0. The molecule has 2 saturated heterocycles. The fraction of sp³-hybridized carbons (Fsp3) is 0.733. The summed E-state index contributed by atoms with van der Waals surface area (Å²) < 4.78 is 19.7. The molecule has 2 aliphatic rings. The number of Topliss-reactive ketones (excluding diaryl/α,β-unsaturated/α-hetero) is 1. The van der Waals surface area contributed by atoms with E-state index >= 15 is 0 Å². The van der Waals surface area contributed by atoms with Crippen LogP contribution >= 0.6 is 0 Å². The Morgan fingerprint density at radius 2 is 2.00 bits per heavy atom. The highest BCUT2D eigenvalue weighted by Crippen LogP contribution is 2.39. The number of hydrogen-bond acceptors (Lipinski definition) is 4. The van der Waals surface area contributed by atoms with Crippen LogP contribution in [0.4, 0.5) is 9.18 Å². The van der Waals surface area contributed by atoms with Gasteiger partial charge in [-0.15, -0.1) is 0 Å². The second kappa shape index (κ2) is 5.31. The molecule has 0 N–H and O–H groups in total. The Hall–Kier alpha value is -1.59. The lowest BCUT2D eigenvalue weighted by Gasteiger charge is -2.38. The summed E-state index contributed by atoms with van der Waals surface area (Å²) in [6, 6.07) is -1.08. The molecule has 2 heterocycles. The highest BCUT2D eigenvalue weighted by molar-refractivity contribution is 6.02. The number of halogens is 1. The molecule has 2 rings (SSSR count).